The van der Waals surface area contributed by atoms with Crippen LogP contribution in [0.1, 0.15) is 27.2 Å². The van der Waals surface area contributed by atoms with Gasteiger partial charge in [-0.1, -0.05) is 0 Å². The minimum absolute atomic E-state index is 0.0282. The van der Waals surface area contributed by atoms with Crippen LogP contribution in [0.4, 0.5) is 11.5 Å². The summed E-state index contributed by atoms with van der Waals surface area (Å²) in [6.07, 6.45) is 2.00. The summed E-state index contributed by atoms with van der Waals surface area (Å²) in [6, 6.07) is 3.56. The van der Waals surface area contributed by atoms with E-state index in [9.17, 15) is 4.79 Å². The molecule has 0 saturated heterocycles. The van der Waals surface area contributed by atoms with Crippen molar-refractivity contribution in [1.82, 2.24) is 10.3 Å². The zero-order valence-corrected chi connectivity index (χ0v) is 10.6. The van der Waals surface area contributed by atoms with E-state index in [0.717, 1.165) is 5.82 Å². The van der Waals surface area contributed by atoms with E-state index in [2.05, 4.69) is 15.6 Å². The van der Waals surface area contributed by atoms with Crippen LogP contribution in [0, 0.1) is 0 Å². The number of carbonyl (C=O) groups is 1. The van der Waals surface area contributed by atoms with Gasteiger partial charge in [-0.3, -0.25) is 4.79 Å². The molecule has 4 N–H and O–H groups in total. The van der Waals surface area contributed by atoms with Crippen LogP contribution in [-0.4, -0.2) is 23.0 Å². The zero-order valence-electron chi connectivity index (χ0n) is 10.6. The summed E-state index contributed by atoms with van der Waals surface area (Å²) in [6.45, 7) is 6.43. The Kier molecular flexibility index (Phi) is 4.31. The highest BCUT2D eigenvalue weighted by molar-refractivity contribution is 5.77. The van der Waals surface area contributed by atoms with Gasteiger partial charge >= 0.3 is 0 Å². The highest BCUT2D eigenvalue weighted by Crippen LogP contribution is 2.05. The van der Waals surface area contributed by atoms with Crippen LogP contribution in [0.15, 0.2) is 18.3 Å². The Morgan fingerprint density at radius 1 is 1.41 bits per heavy atom. The molecule has 0 unspecified atom stereocenters. The van der Waals surface area contributed by atoms with E-state index < -0.39 is 0 Å². The van der Waals surface area contributed by atoms with Crippen molar-refractivity contribution in [2.45, 2.75) is 32.7 Å². The van der Waals surface area contributed by atoms with Gasteiger partial charge in [-0.05, 0) is 32.9 Å². The van der Waals surface area contributed by atoms with E-state index in [-0.39, 0.29) is 11.4 Å². The summed E-state index contributed by atoms with van der Waals surface area (Å²) in [4.78, 5) is 15.6. The molecule has 1 heterocycles. The average molecular weight is 236 g/mol. The molecule has 0 bridgehead atoms. The molecule has 0 atom stereocenters. The Balaban J connectivity index is 2.28. The van der Waals surface area contributed by atoms with Gasteiger partial charge in [0.2, 0.25) is 5.91 Å². The fraction of sp³-hybridized carbons (Fsp3) is 0.500. The number of nitrogens with zero attached hydrogens (tertiary/aromatic N) is 1. The number of hydrogen-bond donors (Lipinski definition) is 3. The van der Waals surface area contributed by atoms with Gasteiger partial charge in [-0.25, -0.2) is 4.98 Å². The number of rotatable bonds is 4. The summed E-state index contributed by atoms with van der Waals surface area (Å²) < 4.78 is 0. The average Bonchev–Trinajstić information content (AvgIpc) is 2.18. The lowest BCUT2D eigenvalue weighted by atomic mass is 10.1. The first-order valence-electron chi connectivity index (χ1n) is 5.63. The first kappa shape index (κ1) is 13.3. The smallest absolute Gasteiger partial charge is 0.222 e. The zero-order chi connectivity index (χ0) is 12.9. The number of nitrogen functional groups attached to an aromatic ring is 1. The maximum atomic E-state index is 11.5. The third kappa shape index (κ3) is 5.75. The van der Waals surface area contributed by atoms with Gasteiger partial charge in [0.25, 0.3) is 0 Å². The number of hydrogen-bond acceptors (Lipinski definition) is 4. The number of aromatic nitrogens is 1. The largest absolute Gasteiger partial charge is 0.397 e. The van der Waals surface area contributed by atoms with Crippen LogP contribution in [0.5, 0.6) is 0 Å². The van der Waals surface area contributed by atoms with Crippen molar-refractivity contribution >= 4 is 17.4 Å². The molecule has 0 aliphatic rings. The van der Waals surface area contributed by atoms with Crippen LogP contribution in [-0.2, 0) is 4.79 Å². The quantitative estimate of drug-likeness (QED) is 0.738. The molecule has 5 nitrogen and oxygen atoms in total. The molecule has 94 valence electrons. The Morgan fingerprint density at radius 3 is 2.65 bits per heavy atom. The summed E-state index contributed by atoms with van der Waals surface area (Å²) in [5, 5.41) is 5.96. The molecule has 0 spiro atoms. The highest BCUT2D eigenvalue weighted by atomic mass is 16.1. The third-order valence-electron chi connectivity index (χ3n) is 1.96. The highest BCUT2D eigenvalue weighted by Gasteiger charge is 2.12. The number of anilines is 2. The number of pyridine rings is 1. The van der Waals surface area contributed by atoms with E-state index in [1.54, 1.807) is 18.3 Å². The molecule has 1 aromatic rings. The van der Waals surface area contributed by atoms with E-state index in [0.29, 0.717) is 18.7 Å². The SMILES string of the molecule is CC(C)(C)NC(=O)CCNc1ccc(N)cn1. The number of carbonyl (C=O) groups excluding carboxylic acids is 1. The molecule has 0 radical (unpaired) electrons. The monoisotopic (exact) mass is 236 g/mol. The van der Waals surface area contributed by atoms with Crippen LogP contribution < -0.4 is 16.4 Å². The molecule has 17 heavy (non-hydrogen) atoms. The molecule has 0 aliphatic heterocycles. The maximum Gasteiger partial charge on any atom is 0.222 e. The Hall–Kier alpha value is -1.78. The standard InChI is InChI=1S/C12H20N4O/c1-12(2,3)16-11(17)6-7-14-10-5-4-9(13)8-15-10/h4-5,8H,6-7,13H2,1-3H3,(H,14,15)(H,16,17). The summed E-state index contributed by atoms with van der Waals surface area (Å²) >= 11 is 0. The molecule has 1 aromatic heterocycles. The van der Waals surface area contributed by atoms with Crippen molar-refractivity contribution in [2.24, 2.45) is 0 Å². The molecular weight excluding hydrogens is 216 g/mol. The first-order valence-corrected chi connectivity index (χ1v) is 5.63. The van der Waals surface area contributed by atoms with Crippen LogP contribution in [0.2, 0.25) is 0 Å². The first-order chi connectivity index (χ1) is 7.87. The van der Waals surface area contributed by atoms with Gasteiger partial charge in [0.15, 0.2) is 0 Å². The van der Waals surface area contributed by atoms with Gasteiger partial charge < -0.3 is 16.4 Å². The van der Waals surface area contributed by atoms with Crippen LogP contribution >= 0.6 is 0 Å². The summed E-state index contributed by atoms with van der Waals surface area (Å²) in [5.74, 6) is 0.753. The Labute approximate surface area is 102 Å². The Morgan fingerprint density at radius 2 is 2.12 bits per heavy atom. The number of nitrogens with two attached hydrogens (primary N) is 1. The van der Waals surface area contributed by atoms with Crippen molar-refractivity contribution in [3.05, 3.63) is 18.3 Å². The van der Waals surface area contributed by atoms with Crippen molar-refractivity contribution in [3.8, 4) is 0 Å². The molecular formula is C12H20N4O. The Bertz CT molecular complexity index is 367. The van der Waals surface area contributed by atoms with E-state index in [1.807, 2.05) is 20.8 Å². The van der Waals surface area contributed by atoms with E-state index >= 15 is 0 Å². The molecule has 1 rings (SSSR count). The normalized spacial score (nSPS) is 11.0. The second-order valence-electron chi connectivity index (χ2n) is 4.95. The molecule has 5 heteroatoms. The van der Waals surface area contributed by atoms with Gasteiger partial charge in [0.05, 0.1) is 11.9 Å². The lowest BCUT2D eigenvalue weighted by Crippen LogP contribution is -2.41. The van der Waals surface area contributed by atoms with Crippen LogP contribution in [0.25, 0.3) is 0 Å². The molecule has 1 amide bonds. The third-order valence-corrected chi connectivity index (χ3v) is 1.96. The lowest BCUT2D eigenvalue weighted by molar-refractivity contribution is -0.122. The molecule has 0 aliphatic carbocycles. The number of nitrogens with one attached hydrogen (secondary N) is 2. The minimum atomic E-state index is -0.184. The second kappa shape index (κ2) is 5.52. The van der Waals surface area contributed by atoms with Crippen LogP contribution in [0.3, 0.4) is 0 Å². The maximum absolute atomic E-state index is 11.5. The van der Waals surface area contributed by atoms with E-state index in [1.165, 1.54) is 0 Å². The van der Waals surface area contributed by atoms with Gasteiger partial charge in [-0.2, -0.15) is 0 Å². The molecule has 0 aromatic carbocycles. The van der Waals surface area contributed by atoms with Crippen molar-refractivity contribution in [3.63, 3.8) is 0 Å². The van der Waals surface area contributed by atoms with Gasteiger partial charge in [0.1, 0.15) is 5.82 Å². The predicted molar refractivity (Wildman–Crippen MR) is 69.7 cm³/mol. The number of amides is 1. The summed E-state index contributed by atoms with van der Waals surface area (Å²) in [5.41, 5.74) is 5.96. The second-order valence-corrected chi connectivity index (χ2v) is 4.95. The topological polar surface area (TPSA) is 80.0 Å². The minimum Gasteiger partial charge on any atom is -0.397 e. The molecule has 0 fully saturated rings. The van der Waals surface area contributed by atoms with Crippen molar-refractivity contribution in [2.75, 3.05) is 17.6 Å². The van der Waals surface area contributed by atoms with Crippen molar-refractivity contribution < 1.29 is 4.79 Å². The van der Waals surface area contributed by atoms with Crippen molar-refractivity contribution in [1.29, 1.82) is 0 Å². The predicted octanol–water partition coefficient (Wildman–Crippen LogP) is 1.38. The fourth-order valence-corrected chi connectivity index (χ4v) is 1.29. The fourth-order valence-electron chi connectivity index (χ4n) is 1.29. The molecule has 0 saturated carbocycles. The summed E-state index contributed by atoms with van der Waals surface area (Å²) in [7, 11) is 0. The lowest BCUT2D eigenvalue weighted by Gasteiger charge is -2.20. The van der Waals surface area contributed by atoms with E-state index in [4.69, 9.17) is 5.73 Å². The van der Waals surface area contributed by atoms with Gasteiger partial charge in [0, 0.05) is 18.5 Å². The van der Waals surface area contributed by atoms with Gasteiger partial charge in [-0.15, -0.1) is 0 Å².